The lowest BCUT2D eigenvalue weighted by molar-refractivity contribution is -0.138. The lowest BCUT2D eigenvalue weighted by Gasteiger charge is -2.14. The molecule has 0 bridgehead atoms. The van der Waals surface area contributed by atoms with Gasteiger partial charge in [0, 0.05) is 11.1 Å². The Morgan fingerprint density at radius 3 is 2.31 bits per heavy atom. The summed E-state index contributed by atoms with van der Waals surface area (Å²) in [5.74, 6) is -0.771. The van der Waals surface area contributed by atoms with Gasteiger partial charge in [-0.25, -0.2) is 0 Å². The molecule has 1 aromatic carbocycles. The minimum Gasteiger partial charge on any atom is -0.298 e. The lowest BCUT2D eigenvalue weighted by Crippen LogP contribution is -2.15. The topological polar surface area (TPSA) is 34.1 Å². The molecule has 0 saturated carbocycles. The first kappa shape index (κ1) is 12.7. The molecule has 0 aliphatic rings. The highest BCUT2D eigenvalue weighted by atomic mass is 35.5. The lowest BCUT2D eigenvalue weighted by atomic mass is 9.98. The van der Waals surface area contributed by atoms with Gasteiger partial charge in [-0.1, -0.05) is 11.6 Å². The third-order valence-electron chi connectivity index (χ3n) is 1.97. The summed E-state index contributed by atoms with van der Waals surface area (Å²) in [5.41, 5.74) is -2.54. The Kier molecular flexibility index (Phi) is 3.38. The van der Waals surface area contributed by atoms with E-state index in [1.54, 1.807) is 0 Å². The molecule has 0 aromatic heterocycles. The van der Waals surface area contributed by atoms with Gasteiger partial charge in [-0.15, -0.1) is 0 Å². The molecule has 0 spiro atoms. The molecule has 0 aliphatic heterocycles. The standard InChI is InChI=1S/C10H6ClF3O2/c1-5(16)6-2-3-8(11)7(4-15)9(6)10(12,13)14/h2-4H,1H3. The molecule has 1 aromatic rings. The molecule has 0 heterocycles. The third-order valence-corrected chi connectivity index (χ3v) is 2.30. The van der Waals surface area contributed by atoms with E-state index in [0.29, 0.717) is 0 Å². The fourth-order valence-electron chi connectivity index (χ4n) is 1.31. The van der Waals surface area contributed by atoms with Crippen molar-refractivity contribution in [2.45, 2.75) is 13.1 Å². The highest BCUT2D eigenvalue weighted by Gasteiger charge is 2.38. The zero-order chi connectivity index (χ0) is 12.5. The van der Waals surface area contributed by atoms with Gasteiger partial charge in [-0.3, -0.25) is 9.59 Å². The summed E-state index contributed by atoms with van der Waals surface area (Å²) in [7, 11) is 0. The zero-order valence-electron chi connectivity index (χ0n) is 8.06. The number of hydrogen-bond acceptors (Lipinski definition) is 2. The van der Waals surface area contributed by atoms with Crippen LogP contribution in [0.25, 0.3) is 0 Å². The summed E-state index contributed by atoms with van der Waals surface area (Å²) in [6.45, 7) is 0.993. The quantitative estimate of drug-likeness (QED) is 0.596. The molecule has 0 radical (unpaired) electrons. The SMILES string of the molecule is CC(=O)c1ccc(Cl)c(C=O)c1C(F)(F)F. The van der Waals surface area contributed by atoms with Crippen molar-refractivity contribution in [2.75, 3.05) is 0 Å². The van der Waals surface area contributed by atoms with Crippen LogP contribution in [-0.2, 0) is 6.18 Å². The Hall–Kier alpha value is -1.36. The molecule has 0 atom stereocenters. The average molecular weight is 251 g/mol. The van der Waals surface area contributed by atoms with Gasteiger partial charge in [0.05, 0.1) is 10.6 Å². The maximum atomic E-state index is 12.7. The number of alkyl halides is 3. The van der Waals surface area contributed by atoms with E-state index in [-0.39, 0.29) is 11.3 Å². The van der Waals surface area contributed by atoms with Crippen LogP contribution in [0.3, 0.4) is 0 Å². The van der Waals surface area contributed by atoms with E-state index in [1.807, 2.05) is 0 Å². The van der Waals surface area contributed by atoms with Gasteiger partial charge in [0.15, 0.2) is 12.1 Å². The van der Waals surface area contributed by atoms with Crippen molar-refractivity contribution in [1.82, 2.24) is 0 Å². The van der Waals surface area contributed by atoms with Crippen LogP contribution >= 0.6 is 11.6 Å². The van der Waals surface area contributed by atoms with Crippen LogP contribution in [0.4, 0.5) is 13.2 Å². The Morgan fingerprint density at radius 2 is 1.94 bits per heavy atom. The molecule has 0 amide bonds. The van der Waals surface area contributed by atoms with Crippen molar-refractivity contribution in [3.05, 3.63) is 33.8 Å². The molecule has 0 unspecified atom stereocenters. The molecule has 16 heavy (non-hydrogen) atoms. The van der Waals surface area contributed by atoms with E-state index in [4.69, 9.17) is 11.6 Å². The number of halogens is 4. The molecular formula is C10H6ClF3O2. The van der Waals surface area contributed by atoms with Gasteiger partial charge < -0.3 is 0 Å². The second-order valence-corrected chi connectivity index (χ2v) is 3.46. The summed E-state index contributed by atoms with van der Waals surface area (Å²) < 4.78 is 38.0. The van der Waals surface area contributed by atoms with E-state index in [1.165, 1.54) is 0 Å². The maximum absolute atomic E-state index is 12.7. The number of aldehydes is 1. The van der Waals surface area contributed by atoms with Crippen LogP contribution in [0.1, 0.15) is 33.2 Å². The fourth-order valence-corrected chi connectivity index (χ4v) is 1.51. The zero-order valence-corrected chi connectivity index (χ0v) is 8.82. The fraction of sp³-hybridized carbons (Fsp3) is 0.200. The van der Waals surface area contributed by atoms with Gasteiger partial charge in [-0.2, -0.15) is 13.2 Å². The van der Waals surface area contributed by atoms with Gasteiger partial charge in [0.25, 0.3) is 0 Å². The minimum absolute atomic E-state index is 0.00238. The van der Waals surface area contributed by atoms with E-state index in [9.17, 15) is 22.8 Å². The first-order chi connectivity index (χ1) is 7.29. The second-order valence-electron chi connectivity index (χ2n) is 3.06. The van der Waals surface area contributed by atoms with Gasteiger partial charge in [-0.05, 0) is 19.1 Å². The predicted octanol–water partition coefficient (Wildman–Crippen LogP) is 3.37. The Labute approximate surface area is 94.0 Å². The van der Waals surface area contributed by atoms with Crippen LogP contribution in [-0.4, -0.2) is 12.1 Å². The highest BCUT2D eigenvalue weighted by Crippen LogP contribution is 2.37. The van der Waals surface area contributed by atoms with Crippen molar-refractivity contribution in [3.8, 4) is 0 Å². The highest BCUT2D eigenvalue weighted by molar-refractivity contribution is 6.33. The smallest absolute Gasteiger partial charge is 0.298 e. The average Bonchev–Trinajstić information content (AvgIpc) is 2.15. The molecule has 86 valence electrons. The Balaban J connectivity index is 3.67. The van der Waals surface area contributed by atoms with Crippen LogP contribution < -0.4 is 0 Å². The number of carbonyl (C=O) groups excluding carboxylic acids is 2. The minimum atomic E-state index is -4.79. The van der Waals surface area contributed by atoms with E-state index >= 15 is 0 Å². The van der Waals surface area contributed by atoms with E-state index < -0.39 is 28.6 Å². The van der Waals surface area contributed by atoms with E-state index in [0.717, 1.165) is 19.1 Å². The molecule has 1 rings (SSSR count). The van der Waals surface area contributed by atoms with Crippen LogP contribution in [0.15, 0.2) is 12.1 Å². The number of Topliss-reactive ketones (excluding diaryl/α,β-unsaturated/α-hetero) is 1. The summed E-state index contributed by atoms with van der Waals surface area (Å²) in [6, 6.07) is 2.05. The monoisotopic (exact) mass is 250 g/mol. The third kappa shape index (κ3) is 2.24. The number of benzene rings is 1. The predicted molar refractivity (Wildman–Crippen MR) is 51.8 cm³/mol. The van der Waals surface area contributed by atoms with Crippen molar-refractivity contribution < 1.29 is 22.8 Å². The summed E-state index contributed by atoms with van der Waals surface area (Å²) in [4.78, 5) is 21.6. The van der Waals surface area contributed by atoms with Crippen molar-refractivity contribution in [3.63, 3.8) is 0 Å². The Morgan fingerprint density at radius 1 is 1.38 bits per heavy atom. The van der Waals surface area contributed by atoms with Crippen molar-refractivity contribution in [1.29, 1.82) is 0 Å². The molecular weight excluding hydrogens is 245 g/mol. The molecule has 0 saturated heterocycles. The van der Waals surface area contributed by atoms with Crippen molar-refractivity contribution in [2.24, 2.45) is 0 Å². The Bertz CT molecular complexity index is 452. The molecule has 0 N–H and O–H groups in total. The number of carbonyl (C=O) groups is 2. The molecule has 6 heteroatoms. The van der Waals surface area contributed by atoms with E-state index in [2.05, 4.69) is 0 Å². The molecule has 0 aliphatic carbocycles. The summed E-state index contributed by atoms with van der Waals surface area (Å²) >= 11 is 5.47. The van der Waals surface area contributed by atoms with Gasteiger partial charge >= 0.3 is 6.18 Å². The first-order valence-electron chi connectivity index (χ1n) is 4.15. The number of rotatable bonds is 2. The molecule has 0 fully saturated rings. The van der Waals surface area contributed by atoms with Gasteiger partial charge in [0.1, 0.15) is 0 Å². The summed E-state index contributed by atoms with van der Waals surface area (Å²) in [5, 5.41) is -0.327. The first-order valence-corrected chi connectivity index (χ1v) is 4.52. The van der Waals surface area contributed by atoms with Crippen molar-refractivity contribution >= 4 is 23.7 Å². The number of hydrogen-bond donors (Lipinski definition) is 0. The normalized spacial score (nSPS) is 11.3. The molecule has 2 nitrogen and oxygen atoms in total. The van der Waals surface area contributed by atoms with Crippen LogP contribution in [0.5, 0.6) is 0 Å². The maximum Gasteiger partial charge on any atom is 0.417 e. The van der Waals surface area contributed by atoms with Crippen LogP contribution in [0.2, 0.25) is 5.02 Å². The second kappa shape index (κ2) is 4.25. The largest absolute Gasteiger partial charge is 0.417 e. The van der Waals surface area contributed by atoms with Gasteiger partial charge in [0.2, 0.25) is 0 Å². The summed E-state index contributed by atoms with van der Waals surface area (Å²) in [6.07, 6.45) is -4.79. The van der Waals surface area contributed by atoms with Crippen LogP contribution in [0, 0.1) is 0 Å². The number of ketones is 1.